The molecule has 0 radical (unpaired) electrons. The van der Waals surface area contributed by atoms with Crippen LogP contribution in [0.15, 0.2) is 24.3 Å². The fourth-order valence-electron chi connectivity index (χ4n) is 2.92. The Hall–Kier alpha value is -1.75. The van der Waals surface area contributed by atoms with Gasteiger partial charge < -0.3 is 10.2 Å². The van der Waals surface area contributed by atoms with Crippen molar-refractivity contribution in [2.75, 3.05) is 26.2 Å². The predicted octanol–water partition coefficient (Wildman–Crippen LogP) is 2.64. The molecular weight excluding hydrogens is 295 g/mol. The van der Waals surface area contributed by atoms with Crippen LogP contribution in [-0.2, 0) is 4.79 Å². The second kappa shape index (κ2) is 7.68. The first kappa shape index (κ1) is 17.6. The lowest BCUT2D eigenvalue weighted by molar-refractivity contribution is -0.129. The van der Waals surface area contributed by atoms with E-state index in [1.165, 1.54) is 24.3 Å². The molecule has 1 saturated heterocycles. The first-order valence-electron chi connectivity index (χ1n) is 8.24. The number of carbonyl (C=O) groups excluding carboxylic acids is 2. The van der Waals surface area contributed by atoms with Crippen LogP contribution in [0.4, 0.5) is 4.39 Å². The minimum absolute atomic E-state index is 0.00837. The number of nitrogens with one attached hydrogen (secondary N) is 1. The molecule has 1 amide bonds. The third kappa shape index (κ3) is 4.61. The number of ketones is 1. The molecule has 1 unspecified atom stereocenters. The van der Waals surface area contributed by atoms with Crippen molar-refractivity contribution in [1.82, 2.24) is 10.2 Å². The Balaban J connectivity index is 1.82. The molecule has 0 saturated carbocycles. The van der Waals surface area contributed by atoms with Gasteiger partial charge in [0.1, 0.15) is 5.82 Å². The van der Waals surface area contributed by atoms with E-state index in [4.69, 9.17) is 0 Å². The monoisotopic (exact) mass is 320 g/mol. The number of Topliss-reactive ketones (excluding diaryl/α,β-unsaturated/α-hetero) is 1. The highest BCUT2D eigenvalue weighted by Gasteiger charge is 2.39. The van der Waals surface area contributed by atoms with Crippen molar-refractivity contribution >= 4 is 11.7 Å². The number of rotatable bonds is 7. The molecule has 5 heteroatoms. The fourth-order valence-corrected chi connectivity index (χ4v) is 2.92. The number of carbonyl (C=O) groups is 2. The summed E-state index contributed by atoms with van der Waals surface area (Å²) in [6, 6.07) is 5.64. The summed E-state index contributed by atoms with van der Waals surface area (Å²) >= 11 is 0. The quantitative estimate of drug-likeness (QED) is 0.786. The van der Waals surface area contributed by atoms with Gasteiger partial charge >= 0.3 is 0 Å². The van der Waals surface area contributed by atoms with Gasteiger partial charge in [0.05, 0.1) is 5.41 Å². The van der Waals surface area contributed by atoms with E-state index in [0.29, 0.717) is 31.6 Å². The van der Waals surface area contributed by atoms with Crippen molar-refractivity contribution in [3.8, 4) is 0 Å². The molecule has 0 aliphatic carbocycles. The lowest BCUT2D eigenvalue weighted by atomic mass is 9.88. The molecule has 1 heterocycles. The van der Waals surface area contributed by atoms with Crippen molar-refractivity contribution in [3.05, 3.63) is 35.6 Å². The summed E-state index contributed by atoms with van der Waals surface area (Å²) in [6.45, 7) is 6.86. The van der Waals surface area contributed by atoms with Gasteiger partial charge in [-0.3, -0.25) is 9.59 Å². The summed E-state index contributed by atoms with van der Waals surface area (Å²) in [7, 11) is 0. The van der Waals surface area contributed by atoms with E-state index in [9.17, 15) is 14.0 Å². The van der Waals surface area contributed by atoms with Gasteiger partial charge in [0.15, 0.2) is 5.78 Å². The molecule has 1 atom stereocenters. The van der Waals surface area contributed by atoms with E-state index in [-0.39, 0.29) is 22.9 Å². The van der Waals surface area contributed by atoms with Gasteiger partial charge in [-0.05, 0) is 50.6 Å². The number of likely N-dealkylation sites (tertiary alicyclic amines) is 1. The Kier molecular flexibility index (Phi) is 5.88. The number of hydrogen-bond acceptors (Lipinski definition) is 3. The Labute approximate surface area is 137 Å². The predicted molar refractivity (Wildman–Crippen MR) is 87.8 cm³/mol. The lowest BCUT2D eigenvalue weighted by Gasteiger charge is -2.23. The molecule has 1 N–H and O–H groups in total. The van der Waals surface area contributed by atoms with Crippen LogP contribution in [-0.4, -0.2) is 42.8 Å². The van der Waals surface area contributed by atoms with E-state index in [0.717, 1.165) is 19.4 Å². The number of hydrogen-bond donors (Lipinski definition) is 1. The van der Waals surface area contributed by atoms with E-state index in [2.05, 4.69) is 10.2 Å². The third-order valence-corrected chi connectivity index (χ3v) is 4.46. The maximum atomic E-state index is 12.9. The first-order valence-corrected chi connectivity index (χ1v) is 8.24. The fraction of sp³-hybridized carbons (Fsp3) is 0.556. The molecule has 126 valence electrons. The van der Waals surface area contributed by atoms with Gasteiger partial charge in [-0.1, -0.05) is 6.92 Å². The molecule has 1 aliphatic heterocycles. The molecule has 2 rings (SSSR count). The Morgan fingerprint density at radius 2 is 2.00 bits per heavy atom. The van der Waals surface area contributed by atoms with Gasteiger partial charge in [0, 0.05) is 31.6 Å². The number of halogens is 1. The Morgan fingerprint density at radius 1 is 1.30 bits per heavy atom. The normalized spacial score (nSPS) is 21.3. The number of amides is 1. The highest BCUT2D eigenvalue weighted by atomic mass is 19.1. The van der Waals surface area contributed by atoms with Crippen LogP contribution in [0.25, 0.3) is 0 Å². The summed E-state index contributed by atoms with van der Waals surface area (Å²) in [5.41, 5.74) is 0.169. The van der Waals surface area contributed by atoms with Gasteiger partial charge in [-0.25, -0.2) is 4.39 Å². The van der Waals surface area contributed by atoms with Crippen molar-refractivity contribution in [2.24, 2.45) is 5.41 Å². The molecule has 1 fully saturated rings. The first-order chi connectivity index (χ1) is 10.9. The van der Waals surface area contributed by atoms with Gasteiger partial charge in [-0.2, -0.15) is 0 Å². The zero-order valence-electron chi connectivity index (χ0n) is 13.9. The second-order valence-corrected chi connectivity index (χ2v) is 6.52. The second-order valence-electron chi connectivity index (χ2n) is 6.52. The molecule has 4 nitrogen and oxygen atoms in total. The molecule has 23 heavy (non-hydrogen) atoms. The zero-order chi connectivity index (χ0) is 16.9. The zero-order valence-corrected chi connectivity index (χ0v) is 13.9. The molecule has 0 aromatic heterocycles. The summed E-state index contributed by atoms with van der Waals surface area (Å²) in [5, 5.41) is 2.96. The number of benzene rings is 1. The largest absolute Gasteiger partial charge is 0.356 e. The maximum absolute atomic E-state index is 12.9. The van der Waals surface area contributed by atoms with Crippen molar-refractivity contribution in [2.45, 2.75) is 33.1 Å². The van der Waals surface area contributed by atoms with Crippen LogP contribution in [0.3, 0.4) is 0 Å². The van der Waals surface area contributed by atoms with Crippen molar-refractivity contribution in [1.29, 1.82) is 0 Å². The molecule has 1 aromatic carbocycles. The summed E-state index contributed by atoms with van der Waals surface area (Å²) < 4.78 is 12.9. The Morgan fingerprint density at radius 3 is 2.65 bits per heavy atom. The average molecular weight is 320 g/mol. The van der Waals surface area contributed by atoms with Gasteiger partial charge in [0.25, 0.3) is 0 Å². The molecule has 1 aromatic rings. The highest BCUT2D eigenvalue weighted by Crippen LogP contribution is 2.30. The SMILES string of the molecule is CCCNC(=O)C1(C)CCN(CCC(=O)c2ccc(F)cc2)C1. The standard InChI is InChI=1S/C18H25FN2O2/c1-3-10-20-17(23)18(2)9-12-21(13-18)11-8-16(22)14-4-6-15(19)7-5-14/h4-7H,3,8-13H2,1-2H3,(H,20,23). The van der Waals surface area contributed by atoms with Gasteiger partial charge in [0.2, 0.25) is 5.91 Å². The van der Waals surface area contributed by atoms with Gasteiger partial charge in [-0.15, -0.1) is 0 Å². The smallest absolute Gasteiger partial charge is 0.227 e. The van der Waals surface area contributed by atoms with Crippen LogP contribution in [0.1, 0.15) is 43.5 Å². The van der Waals surface area contributed by atoms with Crippen LogP contribution in [0.5, 0.6) is 0 Å². The van der Waals surface area contributed by atoms with E-state index < -0.39 is 0 Å². The molecular formula is C18H25FN2O2. The van der Waals surface area contributed by atoms with Crippen LogP contribution in [0, 0.1) is 11.2 Å². The van der Waals surface area contributed by atoms with E-state index in [1.54, 1.807) is 0 Å². The maximum Gasteiger partial charge on any atom is 0.227 e. The summed E-state index contributed by atoms with van der Waals surface area (Å²) in [6.07, 6.45) is 2.13. The van der Waals surface area contributed by atoms with Crippen LogP contribution >= 0.6 is 0 Å². The molecule has 0 spiro atoms. The summed E-state index contributed by atoms with van der Waals surface area (Å²) in [5.74, 6) is -0.226. The number of nitrogens with zero attached hydrogens (tertiary/aromatic N) is 1. The minimum Gasteiger partial charge on any atom is -0.356 e. The topological polar surface area (TPSA) is 49.4 Å². The van der Waals surface area contributed by atoms with E-state index in [1.807, 2.05) is 13.8 Å². The lowest BCUT2D eigenvalue weighted by Crippen LogP contribution is -2.41. The third-order valence-electron chi connectivity index (χ3n) is 4.46. The van der Waals surface area contributed by atoms with Crippen molar-refractivity contribution in [3.63, 3.8) is 0 Å². The molecule has 0 bridgehead atoms. The average Bonchev–Trinajstić information content (AvgIpc) is 2.93. The van der Waals surface area contributed by atoms with Crippen LogP contribution in [0.2, 0.25) is 0 Å². The van der Waals surface area contributed by atoms with Crippen molar-refractivity contribution < 1.29 is 14.0 Å². The summed E-state index contributed by atoms with van der Waals surface area (Å²) in [4.78, 5) is 26.5. The van der Waals surface area contributed by atoms with Crippen LogP contribution < -0.4 is 5.32 Å². The highest BCUT2D eigenvalue weighted by molar-refractivity contribution is 5.96. The minimum atomic E-state index is -0.367. The molecule has 1 aliphatic rings. The van der Waals surface area contributed by atoms with E-state index >= 15 is 0 Å². The Bertz CT molecular complexity index is 559.